The van der Waals surface area contributed by atoms with Crippen LogP contribution in [0.15, 0.2) is 59.5 Å². The molecule has 1 aliphatic rings. The summed E-state index contributed by atoms with van der Waals surface area (Å²) in [5.74, 6) is 0.0437. The molecule has 14 heteroatoms. The van der Waals surface area contributed by atoms with Crippen molar-refractivity contribution in [1.82, 2.24) is 25.1 Å². The number of nitrogens with zero attached hydrogens (tertiary/aromatic N) is 5. The van der Waals surface area contributed by atoms with Crippen LogP contribution in [0.3, 0.4) is 0 Å². The van der Waals surface area contributed by atoms with Crippen LogP contribution in [0.4, 0.5) is 25.1 Å². The summed E-state index contributed by atoms with van der Waals surface area (Å²) >= 11 is 0. The van der Waals surface area contributed by atoms with Gasteiger partial charge in [0.1, 0.15) is 17.7 Å². The molecule has 0 aliphatic heterocycles. The first kappa shape index (κ1) is 34.6. The van der Waals surface area contributed by atoms with Crippen LogP contribution >= 0.6 is 0 Å². The minimum Gasteiger partial charge on any atom is -0.444 e. The first-order valence-electron chi connectivity index (χ1n) is 16.0. The molecule has 0 unspecified atom stereocenters. The highest BCUT2D eigenvalue weighted by Crippen LogP contribution is 2.33. The molecule has 0 radical (unpaired) electrons. The van der Waals surface area contributed by atoms with Gasteiger partial charge in [0, 0.05) is 31.5 Å². The first-order valence-corrected chi connectivity index (χ1v) is 16.0. The fourth-order valence-electron chi connectivity index (χ4n) is 4.85. The molecule has 1 fully saturated rings. The number of aromatic nitrogens is 4. The lowest BCUT2D eigenvalue weighted by Crippen LogP contribution is -2.38. The molecule has 4 aromatic rings. The molecule has 0 bridgehead atoms. The fourth-order valence-corrected chi connectivity index (χ4v) is 4.85. The van der Waals surface area contributed by atoms with Crippen molar-refractivity contribution >= 4 is 23.5 Å². The topological polar surface area (TPSA) is 148 Å². The largest absolute Gasteiger partial charge is 0.444 e. The third-order valence-corrected chi connectivity index (χ3v) is 7.50. The molecule has 0 saturated heterocycles. The van der Waals surface area contributed by atoms with Crippen LogP contribution in [0.25, 0.3) is 17.1 Å². The van der Waals surface area contributed by atoms with Crippen molar-refractivity contribution < 1.29 is 32.6 Å². The minimum absolute atomic E-state index is 0.0869. The quantitative estimate of drug-likeness (QED) is 0.121. The average Bonchev–Trinajstić information content (AvgIpc) is 3.55. The Labute approximate surface area is 277 Å². The van der Waals surface area contributed by atoms with Gasteiger partial charge in [-0.3, -0.25) is 9.69 Å². The molecular weight excluding hydrogens is 624 g/mol. The summed E-state index contributed by atoms with van der Waals surface area (Å²) in [4.78, 5) is 36.2. The number of amides is 2. The van der Waals surface area contributed by atoms with Crippen LogP contribution in [0.2, 0.25) is 0 Å². The van der Waals surface area contributed by atoms with E-state index in [4.69, 9.17) is 14.3 Å². The smallest absolute Gasteiger partial charge is 0.416 e. The van der Waals surface area contributed by atoms with Gasteiger partial charge in [0.05, 0.1) is 17.6 Å². The molecule has 1 aromatic carbocycles. The van der Waals surface area contributed by atoms with Gasteiger partial charge >= 0.3 is 6.09 Å². The maximum Gasteiger partial charge on any atom is 0.416 e. The summed E-state index contributed by atoms with van der Waals surface area (Å²) in [6.07, 6.45) is 5.24. The van der Waals surface area contributed by atoms with Crippen LogP contribution in [-0.2, 0) is 11.3 Å². The van der Waals surface area contributed by atoms with E-state index in [1.54, 1.807) is 45.0 Å². The fraction of sp³-hybridized carbons (Fsp3) is 0.441. The summed E-state index contributed by atoms with van der Waals surface area (Å²) in [6.45, 7) is 7.50. The zero-order valence-electron chi connectivity index (χ0n) is 27.3. The SMILES string of the molecule is CC(C)(C)OC(=O)N(CC1CC1)c1cc(-c2nc(C(=O)Nc3cn(-c4ccc(CNCCCCCO)cc4)nc3C(F)F)co2)ccn1. The third-order valence-electron chi connectivity index (χ3n) is 7.50. The molecule has 5 rings (SSSR count). The highest BCUT2D eigenvalue weighted by Gasteiger charge is 2.31. The predicted octanol–water partition coefficient (Wildman–Crippen LogP) is 6.52. The predicted molar refractivity (Wildman–Crippen MR) is 175 cm³/mol. The normalized spacial score (nSPS) is 13.1. The molecule has 2 amide bonds. The van der Waals surface area contributed by atoms with Gasteiger partial charge in [-0.15, -0.1) is 0 Å². The van der Waals surface area contributed by atoms with Gasteiger partial charge in [0.15, 0.2) is 11.4 Å². The highest BCUT2D eigenvalue weighted by molar-refractivity contribution is 6.03. The van der Waals surface area contributed by atoms with Crippen molar-refractivity contribution in [3.05, 3.63) is 72.0 Å². The molecule has 256 valence electrons. The number of oxazole rings is 1. The van der Waals surface area contributed by atoms with Gasteiger partial charge in [-0.2, -0.15) is 5.10 Å². The summed E-state index contributed by atoms with van der Waals surface area (Å²) < 4.78 is 40.4. The summed E-state index contributed by atoms with van der Waals surface area (Å²) in [7, 11) is 0. The molecule has 3 heterocycles. The second-order valence-electron chi connectivity index (χ2n) is 12.7. The van der Waals surface area contributed by atoms with Crippen molar-refractivity contribution in [2.24, 2.45) is 5.92 Å². The lowest BCUT2D eigenvalue weighted by Gasteiger charge is -2.27. The summed E-state index contributed by atoms with van der Waals surface area (Å²) in [5, 5.41) is 18.7. The number of hydrogen-bond donors (Lipinski definition) is 3. The number of nitrogens with one attached hydrogen (secondary N) is 2. The Morgan fingerprint density at radius 1 is 1.15 bits per heavy atom. The van der Waals surface area contributed by atoms with E-state index in [2.05, 4.69) is 25.7 Å². The standard InChI is InChI=1S/C34H41F2N7O5/c1-34(2,3)48-33(46)42(19-23-7-8-23)28-17-24(13-15-38-28)32-40-27(21-47-32)31(45)39-26-20-43(41-29(26)30(35)36)25-11-9-22(10-12-25)18-37-14-5-4-6-16-44/h9-13,15,17,20-21,23,30,37,44H,4-8,14,16,18-19H2,1-3H3,(H,39,45). The van der Waals surface area contributed by atoms with E-state index in [1.807, 2.05) is 12.1 Å². The van der Waals surface area contributed by atoms with Crippen LogP contribution in [0, 0.1) is 5.92 Å². The molecular formula is C34H41F2N7O5. The Hall–Kier alpha value is -4.69. The molecule has 12 nitrogen and oxygen atoms in total. The van der Waals surface area contributed by atoms with Gasteiger partial charge in [0.25, 0.3) is 12.3 Å². The van der Waals surface area contributed by atoms with Gasteiger partial charge < -0.3 is 24.9 Å². The number of carbonyl (C=O) groups is 2. The molecule has 3 aromatic heterocycles. The van der Waals surface area contributed by atoms with E-state index in [-0.39, 0.29) is 23.9 Å². The van der Waals surface area contributed by atoms with Crippen molar-refractivity contribution in [1.29, 1.82) is 0 Å². The number of pyridine rings is 1. The molecule has 3 N–H and O–H groups in total. The number of hydrogen-bond acceptors (Lipinski definition) is 9. The van der Waals surface area contributed by atoms with Crippen molar-refractivity contribution in [2.75, 3.05) is 29.9 Å². The maximum absolute atomic E-state index is 14.0. The van der Waals surface area contributed by atoms with Gasteiger partial charge in [-0.05, 0) is 95.2 Å². The van der Waals surface area contributed by atoms with Crippen molar-refractivity contribution in [3.63, 3.8) is 0 Å². The van der Waals surface area contributed by atoms with Crippen molar-refractivity contribution in [3.8, 4) is 17.1 Å². The zero-order chi connectivity index (χ0) is 34.3. The van der Waals surface area contributed by atoms with E-state index in [1.165, 1.54) is 22.0 Å². The van der Waals surface area contributed by atoms with Gasteiger partial charge in [-0.25, -0.2) is 28.2 Å². The van der Waals surface area contributed by atoms with Gasteiger partial charge in [-0.1, -0.05) is 12.1 Å². The second-order valence-corrected chi connectivity index (χ2v) is 12.7. The highest BCUT2D eigenvalue weighted by atomic mass is 19.3. The van der Waals surface area contributed by atoms with E-state index in [0.29, 0.717) is 36.1 Å². The Morgan fingerprint density at radius 2 is 1.92 bits per heavy atom. The van der Waals surface area contributed by atoms with Crippen LogP contribution in [0.1, 0.15) is 81.0 Å². The maximum atomic E-state index is 14.0. The van der Waals surface area contributed by atoms with Crippen molar-refractivity contribution in [2.45, 2.75) is 71.4 Å². The monoisotopic (exact) mass is 665 g/mol. The summed E-state index contributed by atoms with van der Waals surface area (Å²) in [5.41, 5.74) is 0.454. The van der Waals surface area contributed by atoms with Gasteiger partial charge in [0.2, 0.25) is 5.89 Å². The number of aliphatic hydroxyl groups excluding tert-OH is 1. The van der Waals surface area contributed by atoms with Crippen LogP contribution < -0.4 is 15.5 Å². The zero-order valence-corrected chi connectivity index (χ0v) is 27.3. The third kappa shape index (κ3) is 9.44. The lowest BCUT2D eigenvalue weighted by atomic mass is 10.2. The van der Waals surface area contributed by atoms with Crippen LogP contribution in [0.5, 0.6) is 0 Å². The number of halogens is 2. The number of aliphatic hydroxyl groups is 1. The molecule has 1 saturated carbocycles. The molecule has 48 heavy (non-hydrogen) atoms. The lowest BCUT2D eigenvalue weighted by molar-refractivity contribution is 0.0577. The number of rotatable bonds is 15. The Kier molecular flexibility index (Phi) is 11.2. The Morgan fingerprint density at radius 3 is 2.60 bits per heavy atom. The van der Waals surface area contributed by atoms with E-state index >= 15 is 0 Å². The van der Waals surface area contributed by atoms with E-state index < -0.39 is 29.7 Å². The minimum atomic E-state index is -2.94. The average molecular weight is 666 g/mol. The van der Waals surface area contributed by atoms with Crippen LogP contribution in [-0.4, -0.2) is 62.2 Å². The number of alkyl halides is 2. The molecule has 0 spiro atoms. The molecule has 1 aliphatic carbocycles. The number of carbonyl (C=O) groups excluding carboxylic acids is 2. The summed E-state index contributed by atoms with van der Waals surface area (Å²) in [6, 6.07) is 10.5. The Bertz CT molecular complexity index is 1680. The molecule has 0 atom stereocenters. The number of unbranched alkanes of at least 4 members (excludes halogenated alkanes) is 2. The number of ether oxygens (including phenoxy) is 1. The number of benzene rings is 1. The second kappa shape index (κ2) is 15.5. The number of anilines is 2. The van der Waals surface area contributed by atoms with E-state index in [9.17, 15) is 18.4 Å². The Balaban J connectivity index is 1.26. The van der Waals surface area contributed by atoms with E-state index in [0.717, 1.165) is 50.5 Å². The first-order chi connectivity index (χ1) is 23.0.